The molecule has 21 heavy (non-hydrogen) atoms. The molecule has 1 amide bonds. The number of ether oxygens (including phenoxy) is 1. The van der Waals surface area contributed by atoms with Gasteiger partial charge >= 0.3 is 0 Å². The molecule has 126 valence electrons. The molecule has 0 aliphatic carbocycles. The molecule has 0 aliphatic heterocycles. The first-order valence-corrected chi connectivity index (χ1v) is 8.36. The maximum atomic E-state index is 11.6. The Morgan fingerprint density at radius 1 is 1.14 bits per heavy atom. The lowest BCUT2D eigenvalue weighted by atomic mass is 10.00. The normalized spacial score (nSPS) is 13.3. The van der Waals surface area contributed by atoms with E-state index in [1.54, 1.807) is 0 Å². The highest BCUT2D eigenvalue weighted by Gasteiger charge is 2.25. The maximum Gasteiger partial charge on any atom is 0.221 e. The summed E-state index contributed by atoms with van der Waals surface area (Å²) in [6.45, 7) is 10.1. The van der Waals surface area contributed by atoms with Crippen molar-refractivity contribution in [2.75, 3.05) is 40.0 Å². The predicted octanol–water partition coefficient (Wildman–Crippen LogP) is 2.48. The molecule has 0 unspecified atom stereocenters. The quantitative estimate of drug-likeness (QED) is 0.479. The average Bonchev–Trinajstić information content (AvgIpc) is 2.24. The summed E-state index contributed by atoms with van der Waals surface area (Å²) >= 11 is 4.08. The summed E-state index contributed by atoms with van der Waals surface area (Å²) < 4.78 is 6.97. The van der Waals surface area contributed by atoms with E-state index in [1.807, 2.05) is 13.8 Å². The van der Waals surface area contributed by atoms with E-state index < -0.39 is 0 Å². The van der Waals surface area contributed by atoms with Crippen LogP contribution >= 0.6 is 12.6 Å². The number of hydrogen-bond donors (Lipinski definition) is 2. The lowest BCUT2D eigenvalue weighted by molar-refractivity contribution is -0.871. The van der Waals surface area contributed by atoms with E-state index in [0.29, 0.717) is 18.8 Å². The minimum atomic E-state index is -0.240. The van der Waals surface area contributed by atoms with Crippen molar-refractivity contribution in [3.8, 4) is 0 Å². The SMILES string of the molecule is CC(C)(CCOC(C)(C)CC[N+](C)(C)C)NC(=O)CCS. The van der Waals surface area contributed by atoms with Gasteiger partial charge in [-0.05, 0) is 39.9 Å². The van der Waals surface area contributed by atoms with Crippen molar-refractivity contribution in [3.05, 3.63) is 0 Å². The second-order valence-electron chi connectivity index (χ2n) is 8.03. The summed E-state index contributed by atoms with van der Waals surface area (Å²) in [7, 11) is 6.57. The van der Waals surface area contributed by atoms with Gasteiger partial charge in [0.1, 0.15) is 0 Å². The number of hydrogen-bond acceptors (Lipinski definition) is 3. The van der Waals surface area contributed by atoms with Gasteiger partial charge in [-0.1, -0.05) is 0 Å². The van der Waals surface area contributed by atoms with Gasteiger partial charge in [0.2, 0.25) is 5.91 Å². The van der Waals surface area contributed by atoms with Crippen molar-refractivity contribution >= 4 is 18.5 Å². The van der Waals surface area contributed by atoms with Crippen LogP contribution in [0.1, 0.15) is 47.0 Å². The van der Waals surface area contributed by atoms with Crippen molar-refractivity contribution in [1.29, 1.82) is 0 Å². The molecule has 0 aromatic heterocycles. The van der Waals surface area contributed by atoms with Gasteiger partial charge in [-0.3, -0.25) is 4.79 Å². The van der Waals surface area contributed by atoms with Crippen molar-refractivity contribution in [1.82, 2.24) is 5.32 Å². The molecule has 4 nitrogen and oxygen atoms in total. The number of nitrogens with one attached hydrogen (secondary N) is 1. The summed E-state index contributed by atoms with van der Waals surface area (Å²) in [6, 6.07) is 0. The minimum absolute atomic E-state index is 0.0549. The molecule has 0 aromatic carbocycles. The molecule has 0 heterocycles. The molecule has 0 aromatic rings. The Labute approximate surface area is 136 Å². The van der Waals surface area contributed by atoms with Crippen LogP contribution < -0.4 is 5.32 Å². The molecule has 0 saturated heterocycles. The molecule has 0 spiro atoms. The zero-order valence-electron chi connectivity index (χ0n) is 15.0. The van der Waals surface area contributed by atoms with Gasteiger partial charge in [-0.2, -0.15) is 12.6 Å². The van der Waals surface area contributed by atoms with Crippen molar-refractivity contribution < 1.29 is 14.0 Å². The number of nitrogens with zero attached hydrogens (tertiary/aromatic N) is 1. The number of rotatable bonds is 10. The van der Waals surface area contributed by atoms with E-state index in [-0.39, 0.29) is 17.0 Å². The highest BCUT2D eigenvalue weighted by Crippen LogP contribution is 2.18. The lowest BCUT2D eigenvalue weighted by Gasteiger charge is -2.32. The summed E-state index contributed by atoms with van der Waals surface area (Å²) in [5.74, 6) is 0.635. The molecule has 0 radical (unpaired) electrons. The zero-order valence-corrected chi connectivity index (χ0v) is 15.8. The second kappa shape index (κ2) is 8.39. The van der Waals surface area contributed by atoms with Crippen LogP contribution in [0, 0.1) is 0 Å². The largest absolute Gasteiger partial charge is 0.375 e. The third kappa shape index (κ3) is 12.0. The lowest BCUT2D eigenvalue weighted by Crippen LogP contribution is -2.45. The molecule has 0 bridgehead atoms. The fraction of sp³-hybridized carbons (Fsp3) is 0.938. The van der Waals surface area contributed by atoms with Crippen molar-refractivity contribution in [3.63, 3.8) is 0 Å². The van der Waals surface area contributed by atoms with Crippen molar-refractivity contribution in [2.24, 2.45) is 0 Å². The molecule has 5 heteroatoms. The third-order valence-electron chi connectivity index (χ3n) is 3.42. The maximum absolute atomic E-state index is 11.6. The first-order chi connectivity index (χ1) is 9.37. The van der Waals surface area contributed by atoms with E-state index >= 15 is 0 Å². The van der Waals surface area contributed by atoms with E-state index in [0.717, 1.165) is 23.9 Å². The minimum Gasteiger partial charge on any atom is -0.375 e. The van der Waals surface area contributed by atoms with Gasteiger partial charge in [0, 0.05) is 25.0 Å². The van der Waals surface area contributed by atoms with E-state index in [1.165, 1.54) is 0 Å². The van der Waals surface area contributed by atoms with Crippen LogP contribution in [-0.2, 0) is 9.53 Å². The fourth-order valence-electron chi connectivity index (χ4n) is 1.86. The topological polar surface area (TPSA) is 38.3 Å². The standard InChI is InChI=1S/C16H34N2O2S/c1-15(2,17-14(19)8-13-21)10-12-20-16(3,4)9-11-18(5,6)7/h8-13H2,1-7H3,(H-,17,19,21)/p+1. The predicted molar refractivity (Wildman–Crippen MR) is 92.9 cm³/mol. The van der Waals surface area contributed by atoms with Crippen LogP contribution in [0.2, 0.25) is 0 Å². The third-order valence-corrected chi connectivity index (χ3v) is 3.64. The van der Waals surface area contributed by atoms with E-state index in [4.69, 9.17) is 4.74 Å². The summed E-state index contributed by atoms with van der Waals surface area (Å²) in [6.07, 6.45) is 2.28. The second-order valence-corrected chi connectivity index (χ2v) is 8.47. The Hall–Kier alpha value is -0.260. The monoisotopic (exact) mass is 319 g/mol. The van der Waals surface area contributed by atoms with Crippen LogP contribution in [0.25, 0.3) is 0 Å². The molecular formula is C16H35N2O2S+. The molecule has 0 rings (SSSR count). The van der Waals surface area contributed by atoms with Gasteiger partial charge in [0.15, 0.2) is 0 Å². The van der Waals surface area contributed by atoms with Crippen LogP contribution in [0.15, 0.2) is 0 Å². The first kappa shape index (κ1) is 20.7. The smallest absolute Gasteiger partial charge is 0.221 e. The highest BCUT2D eigenvalue weighted by molar-refractivity contribution is 7.80. The highest BCUT2D eigenvalue weighted by atomic mass is 32.1. The molecule has 0 aliphatic rings. The number of thiol groups is 1. The van der Waals surface area contributed by atoms with Gasteiger partial charge in [0.25, 0.3) is 0 Å². The van der Waals surface area contributed by atoms with E-state index in [9.17, 15) is 4.79 Å². The Morgan fingerprint density at radius 3 is 2.19 bits per heavy atom. The average molecular weight is 320 g/mol. The van der Waals surface area contributed by atoms with Crippen LogP contribution in [0.3, 0.4) is 0 Å². The number of quaternary nitrogens is 1. The van der Waals surface area contributed by atoms with Gasteiger partial charge in [-0.25, -0.2) is 0 Å². The van der Waals surface area contributed by atoms with Crippen LogP contribution in [-0.4, -0.2) is 61.6 Å². The molecule has 0 atom stereocenters. The van der Waals surface area contributed by atoms with Crippen molar-refractivity contribution in [2.45, 2.75) is 58.1 Å². The van der Waals surface area contributed by atoms with E-state index in [2.05, 4.69) is 52.9 Å². The summed E-state index contributed by atoms with van der Waals surface area (Å²) in [4.78, 5) is 11.6. The fourth-order valence-corrected chi connectivity index (χ4v) is 2.07. The van der Waals surface area contributed by atoms with Gasteiger partial charge < -0.3 is 14.5 Å². The summed E-state index contributed by atoms with van der Waals surface area (Å²) in [5, 5.41) is 3.03. The van der Waals surface area contributed by atoms with Gasteiger partial charge in [0.05, 0.1) is 33.3 Å². The Bertz CT molecular complexity index is 323. The molecule has 0 saturated carbocycles. The Kier molecular flexibility index (Phi) is 8.29. The Morgan fingerprint density at radius 2 is 1.71 bits per heavy atom. The summed E-state index contributed by atoms with van der Waals surface area (Å²) in [5.41, 5.74) is -0.368. The number of amides is 1. The number of carbonyl (C=O) groups is 1. The zero-order chi connectivity index (χ0) is 16.7. The molecular weight excluding hydrogens is 284 g/mol. The molecule has 1 N–H and O–H groups in total. The van der Waals surface area contributed by atoms with Crippen LogP contribution in [0.5, 0.6) is 0 Å². The Balaban J connectivity index is 4.12. The first-order valence-electron chi connectivity index (χ1n) is 7.73. The molecule has 0 fully saturated rings. The number of carbonyl (C=O) groups excluding carboxylic acids is 1. The van der Waals surface area contributed by atoms with Crippen LogP contribution in [0.4, 0.5) is 0 Å². The van der Waals surface area contributed by atoms with Gasteiger partial charge in [-0.15, -0.1) is 0 Å².